The number of rotatable bonds is 7. The number of carbonyl (C=O) groups is 1. The zero-order chi connectivity index (χ0) is 17.6. The number of nitrogens with zero attached hydrogens (tertiary/aromatic N) is 4. The molecular formula is C17H16N4O3S. The SMILES string of the molecule is O=C(O)CSc1nnc(CCc2ccccc2O)n1-c1cccnc1. The van der Waals surface area contributed by atoms with E-state index in [2.05, 4.69) is 15.2 Å². The van der Waals surface area contributed by atoms with Crippen LogP contribution in [-0.2, 0) is 17.6 Å². The second-order valence-corrected chi connectivity index (χ2v) is 6.20. The molecule has 0 radical (unpaired) electrons. The fourth-order valence-electron chi connectivity index (χ4n) is 2.40. The molecule has 0 bridgehead atoms. The fourth-order valence-corrected chi connectivity index (χ4v) is 3.09. The van der Waals surface area contributed by atoms with Crippen molar-refractivity contribution in [3.63, 3.8) is 0 Å². The van der Waals surface area contributed by atoms with Crippen molar-refractivity contribution < 1.29 is 15.0 Å². The van der Waals surface area contributed by atoms with E-state index >= 15 is 0 Å². The van der Waals surface area contributed by atoms with E-state index in [9.17, 15) is 9.90 Å². The molecule has 0 saturated carbocycles. The lowest BCUT2D eigenvalue weighted by molar-refractivity contribution is -0.133. The van der Waals surface area contributed by atoms with Crippen LogP contribution in [0.2, 0.25) is 0 Å². The zero-order valence-electron chi connectivity index (χ0n) is 13.2. The largest absolute Gasteiger partial charge is 0.508 e. The average Bonchev–Trinajstić information content (AvgIpc) is 3.03. The van der Waals surface area contributed by atoms with Crippen LogP contribution in [0.4, 0.5) is 0 Å². The summed E-state index contributed by atoms with van der Waals surface area (Å²) in [5.41, 5.74) is 1.59. The molecule has 0 amide bonds. The van der Waals surface area contributed by atoms with E-state index in [1.807, 2.05) is 18.2 Å². The van der Waals surface area contributed by atoms with Crippen molar-refractivity contribution >= 4 is 17.7 Å². The van der Waals surface area contributed by atoms with Gasteiger partial charge in [0.2, 0.25) is 0 Å². The van der Waals surface area contributed by atoms with E-state index in [0.717, 1.165) is 23.0 Å². The number of thioether (sulfide) groups is 1. The maximum absolute atomic E-state index is 10.9. The molecule has 2 N–H and O–H groups in total. The molecule has 0 unspecified atom stereocenters. The minimum atomic E-state index is -0.915. The van der Waals surface area contributed by atoms with Gasteiger partial charge in [-0.3, -0.25) is 14.3 Å². The first kappa shape index (κ1) is 17.0. The Morgan fingerprint density at radius 1 is 1.12 bits per heavy atom. The van der Waals surface area contributed by atoms with Gasteiger partial charge in [0, 0.05) is 12.6 Å². The smallest absolute Gasteiger partial charge is 0.313 e. The predicted molar refractivity (Wildman–Crippen MR) is 93.0 cm³/mol. The molecule has 0 fully saturated rings. The molecule has 0 aliphatic carbocycles. The quantitative estimate of drug-likeness (QED) is 0.627. The number of para-hydroxylation sites is 1. The molecule has 3 aromatic rings. The maximum atomic E-state index is 10.9. The summed E-state index contributed by atoms with van der Waals surface area (Å²) in [6.07, 6.45) is 4.49. The lowest BCUT2D eigenvalue weighted by Crippen LogP contribution is -2.06. The van der Waals surface area contributed by atoms with E-state index in [-0.39, 0.29) is 11.5 Å². The van der Waals surface area contributed by atoms with Gasteiger partial charge in [0.15, 0.2) is 5.16 Å². The van der Waals surface area contributed by atoms with Crippen LogP contribution in [0.15, 0.2) is 53.9 Å². The first-order valence-corrected chi connectivity index (χ1v) is 8.60. The standard InChI is InChI=1S/C17H16N4O3S/c22-14-6-2-1-4-12(14)7-8-15-19-20-17(25-11-16(23)24)21(15)13-5-3-9-18-10-13/h1-6,9-10,22H,7-8,11H2,(H,23,24). The minimum absolute atomic E-state index is 0.0993. The van der Waals surface area contributed by atoms with Crippen LogP contribution >= 0.6 is 11.8 Å². The van der Waals surface area contributed by atoms with Crippen LogP contribution < -0.4 is 0 Å². The number of carboxylic acid groups (broad SMARTS) is 1. The van der Waals surface area contributed by atoms with E-state index in [1.54, 1.807) is 35.2 Å². The zero-order valence-corrected chi connectivity index (χ0v) is 14.1. The number of aromatic nitrogens is 4. The number of aromatic hydroxyl groups is 1. The van der Waals surface area contributed by atoms with Gasteiger partial charge in [0.1, 0.15) is 11.6 Å². The highest BCUT2D eigenvalue weighted by Gasteiger charge is 2.16. The highest BCUT2D eigenvalue weighted by Crippen LogP contribution is 2.23. The summed E-state index contributed by atoms with van der Waals surface area (Å²) in [7, 11) is 0. The summed E-state index contributed by atoms with van der Waals surface area (Å²) in [5, 5.41) is 27.6. The molecular weight excluding hydrogens is 340 g/mol. The molecule has 128 valence electrons. The Bertz CT molecular complexity index is 867. The van der Waals surface area contributed by atoms with Gasteiger partial charge in [-0.05, 0) is 30.2 Å². The first-order valence-electron chi connectivity index (χ1n) is 7.61. The van der Waals surface area contributed by atoms with Gasteiger partial charge in [-0.1, -0.05) is 30.0 Å². The molecule has 7 nitrogen and oxygen atoms in total. The molecule has 8 heteroatoms. The van der Waals surface area contributed by atoms with Crippen molar-refractivity contribution in [3.8, 4) is 11.4 Å². The number of phenols is 1. The molecule has 1 aromatic carbocycles. The second kappa shape index (κ2) is 7.80. The highest BCUT2D eigenvalue weighted by atomic mass is 32.2. The molecule has 0 spiro atoms. The van der Waals surface area contributed by atoms with Crippen LogP contribution in [-0.4, -0.2) is 41.7 Å². The summed E-state index contributed by atoms with van der Waals surface area (Å²) < 4.78 is 1.81. The third kappa shape index (κ3) is 4.16. The average molecular weight is 356 g/mol. The Morgan fingerprint density at radius 3 is 2.68 bits per heavy atom. The second-order valence-electron chi connectivity index (χ2n) is 5.26. The Labute approximate surface area is 148 Å². The van der Waals surface area contributed by atoms with E-state index in [0.29, 0.717) is 23.8 Å². The number of phenolic OH excluding ortho intramolecular Hbond substituents is 1. The molecule has 2 aromatic heterocycles. The van der Waals surface area contributed by atoms with Crippen molar-refractivity contribution in [2.24, 2.45) is 0 Å². The monoisotopic (exact) mass is 356 g/mol. The van der Waals surface area contributed by atoms with Gasteiger partial charge >= 0.3 is 5.97 Å². The van der Waals surface area contributed by atoms with Crippen molar-refractivity contribution in [1.82, 2.24) is 19.7 Å². The third-order valence-corrected chi connectivity index (χ3v) is 4.45. The summed E-state index contributed by atoms with van der Waals surface area (Å²) in [5.74, 6) is -0.0845. The Hall–Kier alpha value is -2.87. The third-order valence-electron chi connectivity index (χ3n) is 3.54. The predicted octanol–water partition coefficient (Wildman–Crippen LogP) is 2.33. The minimum Gasteiger partial charge on any atom is -0.508 e. The van der Waals surface area contributed by atoms with Crippen molar-refractivity contribution in [2.75, 3.05) is 5.75 Å². The highest BCUT2D eigenvalue weighted by molar-refractivity contribution is 7.99. The number of hydrogen-bond donors (Lipinski definition) is 2. The van der Waals surface area contributed by atoms with Gasteiger partial charge in [0.25, 0.3) is 0 Å². The molecule has 3 rings (SSSR count). The fraction of sp³-hybridized carbons (Fsp3) is 0.176. The van der Waals surface area contributed by atoms with Gasteiger partial charge in [-0.15, -0.1) is 10.2 Å². The number of hydrogen-bond acceptors (Lipinski definition) is 6. The summed E-state index contributed by atoms with van der Waals surface area (Å²) in [6.45, 7) is 0. The Kier molecular flexibility index (Phi) is 5.30. The number of carboxylic acids is 1. The van der Waals surface area contributed by atoms with Crippen LogP contribution in [0.3, 0.4) is 0 Å². The number of aliphatic carboxylic acids is 1. The van der Waals surface area contributed by atoms with E-state index in [4.69, 9.17) is 5.11 Å². The molecule has 2 heterocycles. The molecule has 0 aliphatic rings. The lowest BCUT2D eigenvalue weighted by Gasteiger charge is -2.09. The lowest BCUT2D eigenvalue weighted by atomic mass is 10.1. The van der Waals surface area contributed by atoms with Crippen LogP contribution in [0.25, 0.3) is 5.69 Å². The molecule has 0 aliphatic heterocycles. The Balaban J connectivity index is 1.88. The van der Waals surface area contributed by atoms with Crippen LogP contribution in [0.1, 0.15) is 11.4 Å². The summed E-state index contributed by atoms with van der Waals surface area (Å²) in [6, 6.07) is 10.8. The maximum Gasteiger partial charge on any atom is 0.313 e. The van der Waals surface area contributed by atoms with Gasteiger partial charge in [-0.2, -0.15) is 0 Å². The summed E-state index contributed by atoms with van der Waals surface area (Å²) in [4.78, 5) is 15.0. The van der Waals surface area contributed by atoms with Crippen molar-refractivity contribution in [3.05, 3.63) is 60.2 Å². The first-order chi connectivity index (χ1) is 12.1. The molecule has 25 heavy (non-hydrogen) atoms. The van der Waals surface area contributed by atoms with Crippen molar-refractivity contribution in [1.29, 1.82) is 0 Å². The van der Waals surface area contributed by atoms with Gasteiger partial charge < -0.3 is 10.2 Å². The Morgan fingerprint density at radius 2 is 1.96 bits per heavy atom. The van der Waals surface area contributed by atoms with Crippen molar-refractivity contribution in [2.45, 2.75) is 18.0 Å². The van der Waals surface area contributed by atoms with Gasteiger partial charge in [0.05, 0.1) is 17.6 Å². The van der Waals surface area contributed by atoms with E-state index in [1.165, 1.54) is 0 Å². The molecule has 0 atom stereocenters. The topological polar surface area (TPSA) is 101 Å². The van der Waals surface area contributed by atoms with Gasteiger partial charge in [-0.25, -0.2) is 0 Å². The van der Waals surface area contributed by atoms with E-state index < -0.39 is 5.97 Å². The normalized spacial score (nSPS) is 10.7. The van der Waals surface area contributed by atoms with Crippen LogP contribution in [0, 0.1) is 0 Å². The molecule has 0 saturated heterocycles. The number of pyridine rings is 1. The van der Waals surface area contributed by atoms with Crippen LogP contribution in [0.5, 0.6) is 5.75 Å². The number of aryl methyl sites for hydroxylation is 2. The number of benzene rings is 1. The summed E-state index contributed by atoms with van der Waals surface area (Å²) >= 11 is 1.11.